The van der Waals surface area contributed by atoms with E-state index < -0.39 is 0 Å². The molecule has 0 aromatic carbocycles. The van der Waals surface area contributed by atoms with Crippen LogP contribution in [0, 0.1) is 11.3 Å². The Balaban J connectivity index is 2.12. The third-order valence-corrected chi connectivity index (χ3v) is 1.95. The van der Waals surface area contributed by atoms with Gasteiger partial charge in [0.05, 0.1) is 6.61 Å². The van der Waals surface area contributed by atoms with Gasteiger partial charge in [0, 0.05) is 26.4 Å². The van der Waals surface area contributed by atoms with Crippen molar-refractivity contribution in [2.24, 2.45) is 0 Å². The number of hydrogen-bond donors (Lipinski definition) is 0. The van der Waals surface area contributed by atoms with Crippen LogP contribution >= 0.6 is 0 Å². The third-order valence-electron chi connectivity index (χ3n) is 1.95. The largest absolute Gasteiger partial charge is 0.475 e. The molecule has 5 heteroatoms. The number of methoxy groups -OCH3 is 1. The molecule has 0 amide bonds. The van der Waals surface area contributed by atoms with Crippen molar-refractivity contribution in [3.05, 3.63) is 23.9 Å². The van der Waals surface area contributed by atoms with Crippen molar-refractivity contribution in [1.29, 1.82) is 5.26 Å². The molecule has 92 valence electrons. The maximum absolute atomic E-state index is 8.65. The lowest BCUT2D eigenvalue weighted by Gasteiger charge is -2.06. The minimum Gasteiger partial charge on any atom is -0.475 e. The van der Waals surface area contributed by atoms with Crippen LogP contribution in [0.1, 0.15) is 12.1 Å². The van der Waals surface area contributed by atoms with Crippen LogP contribution in [0.4, 0.5) is 0 Å². The molecule has 0 unspecified atom stereocenters. The highest BCUT2D eigenvalue weighted by Crippen LogP contribution is 2.06. The Morgan fingerprint density at radius 3 is 2.88 bits per heavy atom. The SMILES string of the molecule is COCCCOCCOc1cccc(C#N)n1. The number of hydrogen-bond acceptors (Lipinski definition) is 5. The zero-order chi connectivity index (χ0) is 12.3. The Kier molecular flexibility index (Phi) is 6.72. The molecule has 0 fully saturated rings. The molecule has 0 saturated carbocycles. The average Bonchev–Trinajstić information content (AvgIpc) is 2.38. The minimum absolute atomic E-state index is 0.350. The van der Waals surface area contributed by atoms with Gasteiger partial charge in [0.25, 0.3) is 0 Å². The van der Waals surface area contributed by atoms with Gasteiger partial charge in [-0.15, -0.1) is 0 Å². The van der Waals surface area contributed by atoms with Gasteiger partial charge in [0.1, 0.15) is 18.4 Å². The molecule has 0 N–H and O–H groups in total. The first-order valence-corrected chi connectivity index (χ1v) is 5.43. The molecule has 0 atom stereocenters. The van der Waals surface area contributed by atoms with Gasteiger partial charge in [0.2, 0.25) is 5.88 Å². The Bertz CT molecular complexity index is 363. The normalized spacial score (nSPS) is 9.88. The molecule has 0 spiro atoms. The highest BCUT2D eigenvalue weighted by Gasteiger charge is 1.97. The van der Waals surface area contributed by atoms with Crippen LogP contribution in [0.5, 0.6) is 5.88 Å². The van der Waals surface area contributed by atoms with Crippen LogP contribution in [-0.2, 0) is 9.47 Å². The molecule has 5 nitrogen and oxygen atoms in total. The number of nitrogens with zero attached hydrogens (tertiary/aromatic N) is 2. The van der Waals surface area contributed by atoms with Crippen molar-refractivity contribution < 1.29 is 14.2 Å². The molecule has 0 aliphatic carbocycles. The summed E-state index contributed by atoms with van der Waals surface area (Å²) < 4.78 is 15.5. The van der Waals surface area contributed by atoms with E-state index in [-0.39, 0.29) is 0 Å². The van der Waals surface area contributed by atoms with E-state index in [2.05, 4.69) is 4.98 Å². The van der Waals surface area contributed by atoms with Crippen molar-refractivity contribution in [3.63, 3.8) is 0 Å². The summed E-state index contributed by atoms with van der Waals surface area (Å²) >= 11 is 0. The molecule has 1 aromatic rings. The summed E-state index contributed by atoms with van der Waals surface area (Å²) in [5.74, 6) is 0.449. The van der Waals surface area contributed by atoms with Crippen LogP contribution in [0.25, 0.3) is 0 Å². The Morgan fingerprint density at radius 1 is 1.24 bits per heavy atom. The fraction of sp³-hybridized carbons (Fsp3) is 0.500. The Morgan fingerprint density at radius 2 is 2.12 bits per heavy atom. The fourth-order valence-corrected chi connectivity index (χ4v) is 1.17. The highest BCUT2D eigenvalue weighted by atomic mass is 16.5. The molecular weight excluding hydrogens is 220 g/mol. The zero-order valence-electron chi connectivity index (χ0n) is 9.89. The van der Waals surface area contributed by atoms with E-state index in [1.807, 2.05) is 6.07 Å². The van der Waals surface area contributed by atoms with Crippen LogP contribution in [0.2, 0.25) is 0 Å². The van der Waals surface area contributed by atoms with Gasteiger partial charge in [-0.2, -0.15) is 5.26 Å². The van der Waals surface area contributed by atoms with Crippen LogP contribution in [0.15, 0.2) is 18.2 Å². The van der Waals surface area contributed by atoms with E-state index in [1.165, 1.54) is 0 Å². The number of aromatic nitrogens is 1. The highest BCUT2D eigenvalue weighted by molar-refractivity contribution is 5.24. The maximum Gasteiger partial charge on any atom is 0.214 e. The van der Waals surface area contributed by atoms with Gasteiger partial charge in [-0.05, 0) is 12.5 Å². The Labute approximate surface area is 101 Å². The van der Waals surface area contributed by atoms with Crippen LogP contribution < -0.4 is 4.74 Å². The van der Waals surface area contributed by atoms with Crippen molar-refractivity contribution in [2.45, 2.75) is 6.42 Å². The molecule has 1 rings (SSSR count). The lowest BCUT2D eigenvalue weighted by Crippen LogP contribution is -2.09. The van der Waals surface area contributed by atoms with Gasteiger partial charge in [0.15, 0.2) is 0 Å². The average molecular weight is 236 g/mol. The Hall–Kier alpha value is -1.64. The zero-order valence-corrected chi connectivity index (χ0v) is 9.89. The quantitative estimate of drug-likeness (QED) is 0.638. The fourth-order valence-electron chi connectivity index (χ4n) is 1.17. The van der Waals surface area contributed by atoms with E-state index in [4.69, 9.17) is 19.5 Å². The number of pyridine rings is 1. The molecule has 0 aliphatic rings. The molecule has 0 saturated heterocycles. The smallest absolute Gasteiger partial charge is 0.214 e. The van der Waals surface area contributed by atoms with Gasteiger partial charge < -0.3 is 14.2 Å². The topological polar surface area (TPSA) is 64.4 Å². The molecular formula is C12H16N2O3. The van der Waals surface area contributed by atoms with Crippen molar-refractivity contribution in [1.82, 2.24) is 4.98 Å². The summed E-state index contributed by atoms with van der Waals surface area (Å²) in [5, 5.41) is 8.65. The molecule has 1 aromatic heterocycles. The lowest BCUT2D eigenvalue weighted by atomic mass is 10.4. The van der Waals surface area contributed by atoms with Gasteiger partial charge in [-0.1, -0.05) is 6.07 Å². The van der Waals surface area contributed by atoms with Crippen molar-refractivity contribution in [2.75, 3.05) is 33.5 Å². The monoisotopic (exact) mass is 236 g/mol. The van der Waals surface area contributed by atoms with E-state index in [9.17, 15) is 0 Å². The maximum atomic E-state index is 8.65. The molecule has 17 heavy (non-hydrogen) atoms. The summed E-state index contributed by atoms with van der Waals surface area (Å²) in [7, 11) is 1.66. The van der Waals surface area contributed by atoms with E-state index in [0.29, 0.717) is 38.0 Å². The van der Waals surface area contributed by atoms with Gasteiger partial charge in [-0.3, -0.25) is 0 Å². The second kappa shape index (κ2) is 8.50. The molecule has 1 heterocycles. The first-order chi connectivity index (χ1) is 8.36. The van der Waals surface area contributed by atoms with Gasteiger partial charge in [-0.25, -0.2) is 4.98 Å². The summed E-state index contributed by atoms with van der Waals surface area (Å²) in [6.07, 6.45) is 0.874. The summed E-state index contributed by atoms with van der Waals surface area (Å²) in [5.41, 5.74) is 0.350. The predicted molar refractivity (Wildman–Crippen MR) is 61.8 cm³/mol. The summed E-state index contributed by atoms with van der Waals surface area (Å²) in [6, 6.07) is 7.04. The summed E-state index contributed by atoms with van der Waals surface area (Å²) in [6.45, 7) is 2.28. The second-order valence-electron chi connectivity index (χ2n) is 3.28. The molecule has 0 aliphatic heterocycles. The van der Waals surface area contributed by atoms with Gasteiger partial charge >= 0.3 is 0 Å². The van der Waals surface area contributed by atoms with E-state index in [0.717, 1.165) is 6.42 Å². The third kappa shape index (κ3) is 5.85. The van der Waals surface area contributed by atoms with Crippen LogP contribution in [-0.4, -0.2) is 38.5 Å². The predicted octanol–water partition coefficient (Wildman–Crippen LogP) is 1.39. The summed E-state index contributed by atoms with van der Waals surface area (Å²) in [4.78, 5) is 3.98. The first-order valence-electron chi connectivity index (χ1n) is 5.43. The standard InChI is InChI=1S/C12H16N2O3/c1-15-6-3-7-16-8-9-17-12-5-2-4-11(10-13)14-12/h2,4-5H,3,6-9H2,1H3. The minimum atomic E-state index is 0.350. The lowest BCUT2D eigenvalue weighted by molar-refractivity contribution is 0.0795. The van der Waals surface area contributed by atoms with E-state index >= 15 is 0 Å². The van der Waals surface area contributed by atoms with Crippen LogP contribution in [0.3, 0.4) is 0 Å². The number of nitriles is 1. The van der Waals surface area contributed by atoms with E-state index in [1.54, 1.807) is 25.3 Å². The van der Waals surface area contributed by atoms with Crippen molar-refractivity contribution in [3.8, 4) is 11.9 Å². The number of ether oxygens (including phenoxy) is 3. The molecule has 0 radical (unpaired) electrons. The molecule has 0 bridgehead atoms. The number of rotatable bonds is 8. The first kappa shape index (κ1) is 13.4. The van der Waals surface area contributed by atoms with Crippen molar-refractivity contribution >= 4 is 0 Å². The second-order valence-corrected chi connectivity index (χ2v) is 3.28.